The fraction of sp³-hybridized carbons (Fsp3) is 0.538. The first-order chi connectivity index (χ1) is 9.47. The van der Waals surface area contributed by atoms with Gasteiger partial charge in [-0.2, -0.15) is 0 Å². The Labute approximate surface area is 126 Å². The normalized spacial score (nSPS) is 28.8. The molecule has 20 heavy (non-hydrogen) atoms. The highest BCUT2D eigenvalue weighted by atomic mass is 35.5. The number of anilines is 1. The number of nitro groups is 1. The number of halogens is 2. The molecule has 2 aliphatic rings. The second-order valence-corrected chi connectivity index (χ2v) is 6.30. The lowest BCUT2D eigenvalue weighted by Gasteiger charge is -2.22. The zero-order valence-corrected chi connectivity index (χ0v) is 12.1. The van der Waals surface area contributed by atoms with Gasteiger partial charge in [-0.25, -0.2) is 0 Å². The summed E-state index contributed by atoms with van der Waals surface area (Å²) in [7, 11) is 0. The molecule has 2 fully saturated rings. The Morgan fingerprint density at radius 2 is 1.90 bits per heavy atom. The van der Waals surface area contributed by atoms with Crippen LogP contribution in [0.15, 0.2) is 12.1 Å². The van der Waals surface area contributed by atoms with Crippen molar-refractivity contribution in [3.05, 3.63) is 32.3 Å². The van der Waals surface area contributed by atoms with Crippen molar-refractivity contribution >= 4 is 34.6 Å². The molecule has 1 saturated carbocycles. The first-order valence-electron chi connectivity index (χ1n) is 6.54. The molecule has 3 rings (SSSR count). The molecule has 108 valence electrons. The van der Waals surface area contributed by atoms with E-state index < -0.39 is 4.92 Å². The van der Waals surface area contributed by atoms with Gasteiger partial charge in [0, 0.05) is 31.1 Å². The van der Waals surface area contributed by atoms with E-state index in [1.807, 2.05) is 4.90 Å². The van der Waals surface area contributed by atoms with Gasteiger partial charge in [0.15, 0.2) is 0 Å². The van der Waals surface area contributed by atoms with Crippen molar-refractivity contribution < 1.29 is 10.0 Å². The van der Waals surface area contributed by atoms with Crippen LogP contribution in [0.4, 0.5) is 11.4 Å². The van der Waals surface area contributed by atoms with Crippen LogP contribution >= 0.6 is 23.2 Å². The first-order valence-corrected chi connectivity index (χ1v) is 7.29. The third-order valence-corrected chi connectivity index (χ3v) is 4.92. The SMILES string of the molecule is O=[N+]([O-])c1cc(Cl)c(N2CC3CCC(O)C3C2)c(Cl)c1. The van der Waals surface area contributed by atoms with E-state index in [1.54, 1.807) is 0 Å². The van der Waals surface area contributed by atoms with E-state index in [0.717, 1.165) is 19.4 Å². The monoisotopic (exact) mass is 316 g/mol. The second-order valence-electron chi connectivity index (χ2n) is 5.49. The van der Waals surface area contributed by atoms with E-state index >= 15 is 0 Å². The molecule has 1 aliphatic heterocycles. The average Bonchev–Trinajstić information content (AvgIpc) is 2.91. The van der Waals surface area contributed by atoms with Gasteiger partial charge in [0.2, 0.25) is 0 Å². The van der Waals surface area contributed by atoms with Gasteiger partial charge < -0.3 is 10.0 Å². The highest BCUT2D eigenvalue weighted by Crippen LogP contribution is 2.44. The van der Waals surface area contributed by atoms with E-state index in [4.69, 9.17) is 23.2 Å². The molecular formula is C13H14Cl2N2O3. The largest absolute Gasteiger partial charge is 0.393 e. The summed E-state index contributed by atoms with van der Waals surface area (Å²) in [5.74, 6) is 0.699. The Bertz CT molecular complexity index is 544. The lowest BCUT2D eigenvalue weighted by atomic mass is 10.00. The molecule has 1 saturated heterocycles. The summed E-state index contributed by atoms with van der Waals surface area (Å²) in [6.07, 6.45) is 1.59. The molecule has 0 aromatic heterocycles. The summed E-state index contributed by atoms with van der Waals surface area (Å²) in [6, 6.07) is 2.65. The summed E-state index contributed by atoms with van der Waals surface area (Å²) in [5.41, 5.74) is 0.531. The number of fused-ring (bicyclic) bond motifs is 1. The standard InChI is InChI=1S/C13H14Cl2N2O3/c14-10-3-8(17(19)20)4-11(15)13(10)16-5-7-1-2-12(18)9(7)6-16/h3-4,7,9,12,18H,1-2,5-6H2. The molecule has 0 radical (unpaired) electrons. The second kappa shape index (κ2) is 5.06. The Balaban J connectivity index is 1.90. The molecule has 0 spiro atoms. The molecule has 1 aliphatic carbocycles. The third kappa shape index (κ3) is 2.24. The molecule has 0 bridgehead atoms. The van der Waals surface area contributed by atoms with Crippen LogP contribution in [0.5, 0.6) is 0 Å². The number of non-ortho nitro benzene ring substituents is 1. The fourth-order valence-electron chi connectivity index (χ4n) is 3.38. The van der Waals surface area contributed by atoms with Gasteiger partial charge in [-0.1, -0.05) is 23.2 Å². The summed E-state index contributed by atoms with van der Waals surface area (Å²) < 4.78 is 0. The van der Waals surface area contributed by atoms with Gasteiger partial charge >= 0.3 is 0 Å². The molecule has 0 amide bonds. The van der Waals surface area contributed by atoms with Gasteiger partial charge in [0.1, 0.15) is 0 Å². The van der Waals surface area contributed by atoms with Crippen LogP contribution in [0.2, 0.25) is 10.0 Å². The molecule has 1 heterocycles. The van der Waals surface area contributed by atoms with Crippen molar-refractivity contribution in [2.45, 2.75) is 18.9 Å². The van der Waals surface area contributed by atoms with Gasteiger partial charge in [-0.05, 0) is 18.8 Å². The van der Waals surface area contributed by atoms with Gasteiger partial charge in [-0.15, -0.1) is 0 Å². The number of nitrogens with zero attached hydrogens (tertiary/aromatic N) is 2. The minimum Gasteiger partial charge on any atom is -0.393 e. The molecule has 3 unspecified atom stereocenters. The molecule has 3 atom stereocenters. The Kier molecular flexibility index (Phi) is 3.52. The van der Waals surface area contributed by atoms with Crippen LogP contribution in [0.3, 0.4) is 0 Å². The predicted molar refractivity (Wildman–Crippen MR) is 77.6 cm³/mol. The summed E-state index contributed by atoms with van der Waals surface area (Å²) in [5, 5.41) is 21.3. The fourth-order valence-corrected chi connectivity index (χ4v) is 4.09. The maximum atomic E-state index is 10.8. The van der Waals surface area contributed by atoms with E-state index in [2.05, 4.69) is 0 Å². The number of hydrogen-bond acceptors (Lipinski definition) is 4. The Morgan fingerprint density at radius 3 is 2.45 bits per heavy atom. The smallest absolute Gasteiger partial charge is 0.272 e. The van der Waals surface area contributed by atoms with Crippen molar-refractivity contribution in [3.8, 4) is 0 Å². The Morgan fingerprint density at radius 1 is 1.25 bits per heavy atom. The summed E-state index contributed by atoms with van der Waals surface area (Å²) in [6.45, 7) is 1.49. The number of nitro benzene ring substituents is 1. The highest BCUT2D eigenvalue weighted by molar-refractivity contribution is 6.39. The van der Waals surface area contributed by atoms with Crippen molar-refractivity contribution in [1.82, 2.24) is 0 Å². The quantitative estimate of drug-likeness (QED) is 0.672. The molecule has 1 N–H and O–H groups in total. The number of rotatable bonds is 2. The zero-order valence-electron chi connectivity index (χ0n) is 10.6. The van der Waals surface area contributed by atoms with E-state index in [9.17, 15) is 15.2 Å². The van der Waals surface area contributed by atoms with Crippen molar-refractivity contribution in [2.24, 2.45) is 11.8 Å². The van der Waals surface area contributed by atoms with Crippen LogP contribution in [0.1, 0.15) is 12.8 Å². The van der Waals surface area contributed by atoms with E-state index in [0.29, 0.717) is 28.2 Å². The maximum Gasteiger partial charge on any atom is 0.272 e. The highest BCUT2D eigenvalue weighted by Gasteiger charge is 2.42. The van der Waals surface area contributed by atoms with Gasteiger partial charge in [-0.3, -0.25) is 10.1 Å². The Hall–Kier alpha value is -1.04. The van der Waals surface area contributed by atoms with Crippen LogP contribution in [0, 0.1) is 22.0 Å². The van der Waals surface area contributed by atoms with Crippen molar-refractivity contribution in [3.63, 3.8) is 0 Å². The van der Waals surface area contributed by atoms with E-state index in [-0.39, 0.29) is 17.7 Å². The number of hydrogen-bond donors (Lipinski definition) is 1. The minimum atomic E-state index is -0.510. The van der Waals surface area contributed by atoms with Gasteiger partial charge in [0.25, 0.3) is 5.69 Å². The maximum absolute atomic E-state index is 10.8. The lowest BCUT2D eigenvalue weighted by Crippen LogP contribution is -2.24. The van der Waals surface area contributed by atoms with E-state index in [1.165, 1.54) is 12.1 Å². The first kappa shape index (κ1) is 13.9. The zero-order chi connectivity index (χ0) is 14.4. The summed E-state index contributed by atoms with van der Waals surface area (Å²) in [4.78, 5) is 12.3. The number of aliphatic hydroxyl groups is 1. The topological polar surface area (TPSA) is 66.6 Å². The van der Waals surface area contributed by atoms with Crippen molar-refractivity contribution in [2.75, 3.05) is 18.0 Å². The van der Waals surface area contributed by atoms with Crippen LogP contribution in [0.25, 0.3) is 0 Å². The molecule has 1 aromatic carbocycles. The van der Waals surface area contributed by atoms with Gasteiger partial charge in [0.05, 0.1) is 26.8 Å². The molecule has 5 nitrogen and oxygen atoms in total. The predicted octanol–water partition coefficient (Wildman–Crippen LogP) is 3.11. The number of aliphatic hydroxyl groups excluding tert-OH is 1. The average molecular weight is 317 g/mol. The van der Waals surface area contributed by atoms with Crippen molar-refractivity contribution in [1.29, 1.82) is 0 Å². The molecule has 7 heteroatoms. The van der Waals surface area contributed by atoms with Crippen LogP contribution in [-0.4, -0.2) is 29.2 Å². The summed E-state index contributed by atoms with van der Waals surface area (Å²) >= 11 is 12.3. The molecule has 1 aromatic rings. The van der Waals surface area contributed by atoms with Crippen LogP contribution in [-0.2, 0) is 0 Å². The lowest BCUT2D eigenvalue weighted by molar-refractivity contribution is -0.384. The minimum absolute atomic E-state index is 0.108. The number of benzene rings is 1. The molecular weight excluding hydrogens is 303 g/mol. The van der Waals surface area contributed by atoms with Crippen LogP contribution < -0.4 is 4.90 Å². The third-order valence-electron chi connectivity index (χ3n) is 4.35.